The zero-order chi connectivity index (χ0) is 73.3. The molecule has 534 valence electrons. The van der Waals surface area contributed by atoms with Gasteiger partial charge < -0.3 is 18.9 Å². The number of ether oxygens (including phenoxy) is 4. The van der Waals surface area contributed by atoms with E-state index in [1.165, 1.54) is 51.4 Å². The topological polar surface area (TPSA) is 75.6 Å². The van der Waals surface area contributed by atoms with Crippen molar-refractivity contribution < 1.29 is 18.9 Å². The number of aromatic nitrogens is 3. The molecule has 0 fully saturated rings. The van der Waals surface area contributed by atoms with E-state index in [2.05, 4.69) is 217 Å². The third-order valence-corrected chi connectivity index (χ3v) is 32.1. The summed E-state index contributed by atoms with van der Waals surface area (Å²) in [4.78, 5) is 14.7. The Kier molecular flexibility index (Phi) is 33.2. The smallest absolute Gasteiger partial charge is 0.146 e. The lowest BCUT2D eigenvalue weighted by atomic mass is 10.1. The number of nitrogens with zero attached hydrogens (tertiary/aromatic N) is 3. The van der Waals surface area contributed by atoms with Crippen LogP contribution in [-0.2, 0) is 0 Å². The van der Waals surface area contributed by atoms with Crippen LogP contribution in [0.1, 0.15) is 269 Å². The monoisotopic (exact) mass is 1390 g/mol. The third-order valence-electron chi connectivity index (χ3n) is 19.5. The molecule has 7 nitrogen and oxygen atoms in total. The number of pyridine rings is 3. The van der Waals surface area contributed by atoms with E-state index in [9.17, 15) is 0 Å². The van der Waals surface area contributed by atoms with Gasteiger partial charge in [-0.05, 0) is 168 Å². The standard InChI is InChI=1S/C93H115N3O4Si2/c1-17-21-25-29-50-97-86-60-78(56-80(62-86)40-42-82-58-84(66-88(64-82)99-52-31-27-23-19-3)48-54-101(70(5)6,71(7)8)72(9)10)38-36-76-44-46-90(94-68-76)92-34-33-35-93(96-92)91-47-45-77(69-95-91)37-39-79-57-81(63-87(61-79)98-51-30-26-22-18-2)41-43-83-59-85(67-89(65-83)100-53-32-28-24-20-4)49-55-102(73(11)12,74(13)14)75(15)16/h33-35,44-47,56-75H,17-32,50-53H2,1-16H3. The van der Waals surface area contributed by atoms with Gasteiger partial charge in [0.2, 0.25) is 0 Å². The highest BCUT2D eigenvalue weighted by Crippen LogP contribution is 2.42. The minimum atomic E-state index is -1.97. The molecule has 3 aromatic heterocycles. The van der Waals surface area contributed by atoms with Gasteiger partial charge in [0.05, 0.1) is 49.2 Å². The molecule has 0 aliphatic carbocycles. The Hall–Kier alpha value is -8.68. The van der Waals surface area contributed by atoms with Crippen molar-refractivity contribution in [3.05, 3.63) is 183 Å². The van der Waals surface area contributed by atoms with Gasteiger partial charge in [0, 0.05) is 68.0 Å². The fraction of sp³-hybridized carbons (Fsp3) is 0.452. The van der Waals surface area contributed by atoms with Gasteiger partial charge >= 0.3 is 0 Å². The zero-order valence-electron chi connectivity index (χ0n) is 64.7. The van der Waals surface area contributed by atoms with Crippen LogP contribution in [0, 0.1) is 70.3 Å². The fourth-order valence-electron chi connectivity index (χ4n) is 13.9. The van der Waals surface area contributed by atoms with Gasteiger partial charge in [-0.3, -0.25) is 9.97 Å². The van der Waals surface area contributed by atoms with E-state index in [-0.39, 0.29) is 0 Å². The molecular formula is C93H115N3O4Si2. The first-order chi connectivity index (χ1) is 49.3. The highest BCUT2D eigenvalue weighted by molar-refractivity contribution is 6.91. The molecule has 7 aromatic rings. The number of hydrogen-bond donors (Lipinski definition) is 0. The zero-order valence-corrected chi connectivity index (χ0v) is 66.7. The molecular weight excluding hydrogens is 1280 g/mol. The van der Waals surface area contributed by atoms with E-state index in [0.717, 1.165) is 153 Å². The van der Waals surface area contributed by atoms with Crippen molar-refractivity contribution in [3.63, 3.8) is 0 Å². The maximum atomic E-state index is 6.39. The molecule has 0 saturated heterocycles. The molecule has 9 heteroatoms. The van der Waals surface area contributed by atoms with Crippen LogP contribution in [-0.4, -0.2) is 57.5 Å². The minimum Gasteiger partial charge on any atom is -0.494 e. The summed E-state index contributed by atoms with van der Waals surface area (Å²) in [5, 5.41) is 0. The van der Waals surface area contributed by atoms with E-state index in [1.807, 2.05) is 78.9 Å². The lowest BCUT2D eigenvalue weighted by molar-refractivity contribution is 0.305. The number of benzene rings is 4. The van der Waals surface area contributed by atoms with Gasteiger partial charge in [0.15, 0.2) is 0 Å². The lowest BCUT2D eigenvalue weighted by Crippen LogP contribution is -2.43. The Bertz CT molecular complexity index is 3890. The maximum absolute atomic E-state index is 6.39. The Morgan fingerprint density at radius 3 is 0.745 bits per heavy atom. The van der Waals surface area contributed by atoms with Gasteiger partial charge in [-0.1, -0.05) is 253 Å². The summed E-state index contributed by atoms with van der Waals surface area (Å²) < 4.78 is 25.5. The maximum Gasteiger partial charge on any atom is 0.146 e. The Labute approximate surface area is 618 Å². The first kappa shape index (κ1) is 80.6. The van der Waals surface area contributed by atoms with Gasteiger partial charge in [-0.15, -0.1) is 11.1 Å². The first-order valence-electron chi connectivity index (χ1n) is 38.4. The number of unbranched alkanes of at least 4 members (excludes halogenated alkanes) is 12. The predicted molar refractivity (Wildman–Crippen MR) is 435 cm³/mol. The van der Waals surface area contributed by atoms with Crippen molar-refractivity contribution >= 4 is 16.1 Å². The molecule has 4 aromatic carbocycles. The average Bonchev–Trinajstić information content (AvgIpc) is 0.808. The summed E-state index contributed by atoms with van der Waals surface area (Å²) in [6.07, 6.45) is 21.6. The van der Waals surface area contributed by atoms with Crippen molar-refractivity contribution in [2.24, 2.45) is 0 Å². The average molecular weight is 1400 g/mol. The molecule has 0 atom stereocenters. The molecule has 0 unspecified atom stereocenters. The SMILES string of the molecule is CCCCCCOc1cc(C#Cc2ccc(-c3cccc(-c4ccc(C#Cc5cc(C#Cc6cc(C#C[Si](C(C)C)(C(C)C)C(C)C)cc(OCCCCCC)c6)cc(OCCCCCC)c5)cn4)n3)nc2)cc(C#Cc2cc(C#C[Si](C(C)C)(C(C)C)C(C)C)cc(OCCCCCC)c2)c1. The summed E-state index contributed by atoms with van der Waals surface area (Å²) >= 11 is 0. The first-order valence-corrected chi connectivity index (χ1v) is 42.9. The molecule has 0 bridgehead atoms. The van der Waals surface area contributed by atoms with Crippen LogP contribution in [0.2, 0.25) is 33.2 Å². The second kappa shape index (κ2) is 42.0. The highest BCUT2D eigenvalue weighted by atomic mass is 28.3. The fourth-order valence-corrected chi connectivity index (χ4v) is 24.4. The van der Waals surface area contributed by atoms with Gasteiger partial charge in [-0.2, -0.15) is 0 Å². The second-order valence-electron chi connectivity index (χ2n) is 29.2. The van der Waals surface area contributed by atoms with E-state index in [0.29, 0.717) is 59.7 Å². The third kappa shape index (κ3) is 24.8. The van der Waals surface area contributed by atoms with Crippen LogP contribution in [0.5, 0.6) is 23.0 Å². The predicted octanol–water partition coefficient (Wildman–Crippen LogP) is 23.8. The van der Waals surface area contributed by atoms with Crippen LogP contribution < -0.4 is 18.9 Å². The molecule has 0 aliphatic rings. The molecule has 0 amide bonds. The van der Waals surface area contributed by atoms with E-state index in [4.69, 9.17) is 33.9 Å². The highest BCUT2D eigenvalue weighted by Gasteiger charge is 2.43. The Balaban J connectivity index is 1.12. The van der Waals surface area contributed by atoms with Crippen molar-refractivity contribution in [3.8, 4) is 116 Å². The van der Waals surface area contributed by atoms with Crippen molar-refractivity contribution in [2.75, 3.05) is 26.4 Å². The summed E-state index contributed by atoms with van der Waals surface area (Å²) in [6.45, 7) is 39.7. The molecule has 102 heavy (non-hydrogen) atoms. The van der Waals surface area contributed by atoms with Crippen molar-refractivity contribution in [1.82, 2.24) is 15.0 Å². The molecule has 0 radical (unpaired) electrons. The Morgan fingerprint density at radius 1 is 0.275 bits per heavy atom. The van der Waals surface area contributed by atoms with Gasteiger partial charge in [0.1, 0.15) is 39.1 Å². The summed E-state index contributed by atoms with van der Waals surface area (Å²) in [7, 11) is -3.95. The molecule has 0 saturated carbocycles. The normalized spacial score (nSPS) is 11.2. The summed E-state index contributed by atoms with van der Waals surface area (Å²) in [5.41, 5.74) is 22.3. The molecule has 0 spiro atoms. The quantitative estimate of drug-likeness (QED) is 0.0236. The van der Waals surface area contributed by atoms with Crippen LogP contribution in [0.4, 0.5) is 0 Å². The Morgan fingerprint density at radius 2 is 0.520 bits per heavy atom. The summed E-state index contributed by atoms with van der Waals surface area (Å²) in [6, 6.07) is 38.5. The van der Waals surface area contributed by atoms with E-state index in [1.54, 1.807) is 12.4 Å². The molecule has 0 N–H and O–H groups in total. The van der Waals surface area contributed by atoms with E-state index >= 15 is 0 Å². The minimum absolute atomic E-state index is 0.530. The second-order valence-corrected chi connectivity index (χ2v) is 40.3. The number of hydrogen-bond acceptors (Lipinski definition) is 7. The lowest BCUT2D eigenvalue weighted by Gasteiger charge is -2.38. The van der Waals surface area contributed by atoms with Crippen LogP contribution in [0.3, 0.4) is 0 Å². The summed E-state index contributed by atoms with van der Waals surface area (Å²) in [5.74, 6) is 37.9. The molecule has 0 aliphatic heterocycles. The van der Waals surface area contributed by atoms with Gasteiger partial charge in [0.25, 0.3) is 0 Å². The van der Waals surface area contributed by atoms with Crippen LogP contribution >= 0.6 is 0 Å². The van der Waals surface area contributed by atoms with Crippen molar-refractivity contribution in [1.29, 1.82) is 0 Å². The van der Waals surface area contributed by atoms with E-state index < -0.39 is 16.1 Å². The van der Waals surface area contributed by atoms with Crippen molar-refractivity contribution in [2.45, 2.75) is 247 Å². The molecule has 7 rings (SSSR count). The number of rotatable bonds is 32. The van der Waals surface area contributed by atoms with Gasteiger partial charge in [-0.25, -0.2) is 4.98 Å². The van der Waals surface area contributed by atoms with Crippen LogP contribution in [0.15, 0.2) is 128 Å². The molecule has 3 heterocycles. The van der Waals surface area contributed by atoms with Crippen LogP contribution in [0.25, 0.3) is 22.8 Å². The largest absolute Gasteiger partial charge is 0.494 e.